The number of hydrogen-bond acceptors (Lipinski definition) is 2. The molecule has 2 amide bonds. The Morgan fingerprint density at radius 2 is 1.47 bits per heavy atom. The van der Waals surface area contributed by atoms with Gasteiger partial charge in [0.25, 0.3) is 11.8 Å². The molecule has 0 radical (unpaired) electrons. The fourth-order valence-electron chi connectivity index (χ4n) is 4.33. The van der Waals surface area contributed by atoms with Gasteiger partial charge in [0.2, 0.25) is 0 Å². The number of carbonyl (C=O) groups excluding carboxylic acids is 2. The van der Waals surface area contributed by atoms with E-state index in [1.54, 1.807) is 17.4 Å². The molecule has 3 aromatic carbocycles. The number of hydrogen-bond donors (Lipinski definition) is 1. The van der Waals surface area contributed by atoms with Gasteiger partial charge in [-0.25, -0.2) is 8.78 Å². The van der Waals surface area contributed by atoms with Gasteiger partial charge in [-0.2, -0.15) is 39.5 Å². The van der Waals surface area contributed by atoms with E-state index in [1.807, 2.05) is 0 Å². The van der Waals surface area contributed by atoms with Gasteiger partial charge in [-0.3, -0.25) is 9.59 Å². The highest BCUT2D eigenvalue weighted by Crippen LogP contribution is 2.55. The molecule has 0 bridgehead atoms. The number of benzene rings is 3. The summed E-state index contributed by atoms with van der Waals surface area (Å²) in [6.07, 6.45) is -17.7. The number of nitrogens with one attached hydrogen (secondary N) is 1. The lowest BCUT2D eigenvalue weighted by Crippen LogP contribution is -2.50. The van der Waals surface area contributed by atoms with Crippen molar-refractivity contribution >= 4 is 61.7 Å². The molecule has 0 spiro atoms. The van der Waals surface area contributed by atoms with Gasteiger partial charge >= 0.3 is 24.2 Å². The second-order valence-electron chi connectivity index (χ2n) is 9.99. The van der Waals surface area contributed by atoms with Crippen LogP contribution in [-0.4, -0.2) is 30.7 Å². The van der Waals surface area contributed by atoms with Crippen molar-refractivity contribution in [2.75, 3.05) is 16.8 Å². The van der Waals surface area contributed by atoms with Crippen LogP contribution >= 0.6 is 38.5 Å². The molecule has 0 unspecified atom stereocenters. The maximum atomic E-state index is 15.8. The largest absolute Gasteiger partial charge is 0.435 e. The molecule has 0 saturated heterocycles. The summed E-state index contributed by atoms with van der Waals surface area (Å²) in [5, 5.41) is 1.69. The molecule has 1 aliphatic carbocycles. The maximum Gasteiger partial charge on any atom is 0.435 e. The van der Waals surface area contributed by atoms with Crippen LogP contribution in [0.25, 0.3) is 0 Å². The number of alkyl halides is 10. The molecule has 1 aliphatic rings. The summed E-state index contributed by atoms with van der Waals surface area (Å²) in [7, 11) is 0. The van der Waals surface area contributed by atoms with Crippen molar-refractivity contribution in [1.82, 2.24) is 0 Å². The highest BCUT2D eigenvalue weighted by molar-refractivity contribution is 14.1. The molecule has 3 aromatic rings. The van der Waals surface area contributed by atoms with E-state index in [1.165, 1.54) is 12.1 Å². The first kappa shape index (κ1) is 34.9. The SMILES string of the molecule is O=C(Nc1c(I)cc(C(F)(C(F)(F)F)C(F)(F)F)cc1C(F)(F)F)c1cccc(N(CC2CC2)C(=O)c2ccc(Br)cc2)c1F. The minimum Gasteiger partial charge on any atom is -0.320 e. The minimum atomic E-state index is -6.70. The second-order valence-corrected chi connectivity index (χ2v) is 12.1. The van der Waals surface area contributed by atoms with Crippen molar-refractivity contribution < 1.29 is 57.9 Å². The number of nitrogens with zero attached hydrogens (tertiary/aromatic N) is 1. The zero-order valence-electron chi connectivity index (χ0n) is 22.1. The quantitative estimate of drug-likeness (QED) is 0.191. The predicted octanol–water partition coefficient (Wildman–Crippen LogP) is 9.81. The topological polar surface area (TPSA) is 49.4 Å². The van der Waals surface area contributed by atoms with Crippen molar-refractivity contribution in [3.05, 3.63) is 90.7 Å². The molecule has 4 rings (SSSR count). The van der Waals surface area contributed by atoms with Gasteiger partial charge in [0.1, 0.15) is 0 Å². The van der Waals surface area contributed by atoms with Crippen LogP contribution in [0.3, 0.4) is 0 Å². The first-order chi connectivity index (χ1) is 20.7. The lowest BCUT2D eigenvalue weighted by atomic mass is 9.92. The number of rotatable bonds is 7. The lowest BCUT2D eigenvalue weighted by molar-refractivity contribution is -0.348. The van der Waals surface area contributed by atoms with Gasteiger partial charge in [-0.1, -0.05) is 22.0 Å². The Labute approximate surface area is 269 Å². The Kier molecular flexibility index (Phi) is 9.57. The van der Waals surface area contributed by atoms with Gasteiger partial charge in [-0.15, -0.1) is 0 Å². The van der Waals surface area contributed by atoms with E-state index < -0.39 is 79.5 Å². The Balaban J connectivity index is 1.76. The summed E-state index contributed by atoms with van der Waals surface area (Å²) in [5.41, 5.74) is -13.3. The van der Waals surface area contributed by atoms with Gasteiger partial charge in [0.15, 0.2) is 5.82 Å². The summed E-state index contributed by atoms with van der Waals surface area (Å²) < 4.78 is 151. The highest BCUT2D eigenvalue weighted by atomic mass is 127. The second kappa shape index (κ2) is 12.3. The standard InChI is InChI=1S/C28H17BrF11IN2O2/c29-16-8-6-14(7-9-16)24(45)43(12-13-4-5-13)20-3-1-2-17(21(20)30)23(44)42-22-18(26(32,33)34)10-15(11-19(22)41)25(31,27(35,36)37)28(38,39)40/h1-3,6-11,13H,4-5,12H2,(H,42,44). The van der Waals surface area contributed by atoms with Gasteiger partial charge in [0, 0.05) is 25.7 Å². The van der Waals surface area contributed by atoms with Crippen molar-refractivity contribution in [2.24, 2.45) is 5.92 Å². The van der Waals surface area contributed by atoms with Crippen LogP contribution in [-0.2, 0) is 11.8 Å². The van der Waals surface area contributed by atoms with Crippen molar-refractivity contribution in [3.8, 4) is 0 Å². The lowest BCUT2D eigenvalue weighted by Gasteiger charge is -2.31. The van der Waals surface area contributed by atoms with Crippen LogP contribution in [0.5, 0.6) is 0 Å². The molecule has 1 N–H and O–H groups in total. The molecule has 17 heteroatoms. The third kappa shape index (κ3) is 7.07. The van der Waals surface area contributed by atoms with Crippen LogP contribution in [0.1, 0.15) is 44.7 Å². The molecule has 1 fully saturated rings. The summed E-state index contributed by atoms with van der Waals surface area (Å²) in [6, 6.07) is 8.30. The van der Waals surface area contributed by atoms with Gasteiger partial charge in [-0.05, 0) is 89.9 Å². The van der Waals surface area contributed by atoms with Crippen LogP contribution < -0.4 is 10.2 Å². The van der Waals surface area contributed by atoms with E-state index in [2.05, 4.69) is 15.9 Å². The normalized spacial score (nSPS) is 14.3. The summed E-state index contributed by atoms with van der Waals surface area (Å²) in [6.45, 7) is 0.0395. The number of halogens is 13. The van der Waals surface area contributed by atoms with Gasteiger partial charge in [0.05, 0.1) is 22.5 Å². The van der Waals surface area contributed by atoms with Crippen molar-refractivity contribution in [1.29, 1.82) is 0 Å². The van der Waals surface area contributed by atoms with Crippen LogP contribution in [0.4, 0.5) is 59.7 Å². The third-order valence-electron chi connectivity index (χ3n) is 6.80. The molecule has 1 saturated carbocycles. The molecule has 0 atom stereocenters. The van der Waals surface area contributed by atoms with Crippen molar-refractivity contribution in [3.63, 3.8) is 0 Å². The molecule has 4 nitrogen and oxygen atoms in total. The van der Waals surface area contributed by atoms with E-state index in [0.717, 1.165) is 58.5 Å². The number of amides is 2. The van der Waals surface area contributed by atoms with E-state index in [4.69, 9.17) is 0 Å². The zero-order valence-corrected chi connectivity index (χ0v) is 25.8. The average molecular weight is 829 g/mol. The third-order valence-corrected chi connectivity index (χ3v) is 8.18. The first-order valence-corrected chi connectivity index (χ1v) is 14.4. The molecule has 242 valence electrons. The maximum absolute atomic E-state index is 15.8. The van der Waals surface area contributed by atoms with E-state index in [-0.39, 0.29) is 24.1 Å². The number of carbonyl (C=O) groups is 2. The predicted molar refractivity (Wildman–Crippen MR) is 152 cm³/mol. The van der Waals surface area contributed by atoms with Crippen LogP contribution in [0.2, 0.25) is 0 Å². The molecule has 0 aromatic heterocycles. The Morgan fingerprint density at radius 1 is 0.889 bits per heavy atom. The molecular weight excluding hydrogens is 812 g/mol. The Hall–Kier alpha value is -2.96. The molecule has 45 heavy (non-hydrogen) atoms. The Morgan fingerprint density at radius 3 is 1.98 bits per heavy atom. The molecule has 0 aliphatic heterocycles. The van der Waals surface area contributed by atoms with E-state index >= 15 is 4.39 Å². The molecule has 0 heterocycles. The summed E-state index contributed by atoms with van der Waals surface area (Å²) in [5.74, 6) is -3.56. The smallest absolute Gasteiger partial charge is 0.320 e. The fourth-order valence-corrected chi connectivity index (χ4v) is 5.35. The summed E-state index contributed by atoms with van der Waals surface area (Å²) >= 11 is 4.12. The average Bonchev–Trinajstić information content (AvgIpc) is 3.75. The van der Waals surface area contributed by atoms with Crippen molar-refractivity contribution in [2.45, 2.75) is 37.0 Å². The van der Waals surface area contributed by atoms with Crippen LogP contribution in [0, 0.1) is 15.3 Å². The van der Waals surface area contributed by atoms with E-state index in [0.29, 0.717) is 4.47 Å². The van der Waals surface area contributed by atoms with Crippen LogP contribution in [0.15, 0.2) is 59.1 Å². The molecular formula is C28H17BrF11IN2O2. The fraction of sp³-hybridized carbons (Fsp3) is 0.286. The number of anilines is 2. The highest BCUT2D eigenvalue weighted by Gasteiger charge is 2.73. The van der Waals surface area contributed by atoms with Gasteiger partial charge < -0.3 is 10.2 Å². The first-order valence-electron chi connectivity index (χ1n) is 12.6. The Bertz CT molecular complexity index is 1600. The van der Waals surface area contributed by atoms with E-state index in [9.17, 15) is 53.5 Å². The minimum absolute atomic E-state index is 0.00624. The zero-order chi connectivity index (χ0) is 33.7. The monoisotopic (exact) mass is 828 g/mol. The summed E-state index contributed by atoms with van der Waals surface area (Å²) in [4.78, 5) is 27.5.